The van der Waals surface area contributed by atoms with Crippen molar-refractivity contribution in [3.8, 4) is 5.88 Å². The molecule has 35 heavy (non-hydrogen) atoms. The van der Waals surface area contributed by atoms with Gasteiger partial charge in [-0.2, -0.15) is 0 Å². The zero-order chi connectivity index (χ0) is 24.4. The van der Waals surface area contributed by atoms with Crippen LogP contribution in [0.3, 0.4) is 0 Å². The molecule has 2 aliphatic carbocycles. The van der Waals surface area contributed by atoms with Crippen molar-refractivity contribution in [2.45, 2.75) is 38.3 Å². The van der Waals surface area contributed by atoms with Crippen molar-refractivity contribution in [1.29, 1.82) is 0 Å². The Morgan fingerprint density at radius 2 is 1.83 bits per heavy atom. The number of hydrogen-bond acceptors (Lipinski definition) is 4. The largest absolute Gasteiger partial charge is 0.468 e. The van der Waals surface area contributed by atoms with E-state index in [1.807, 2.05) is 31.2 Å². The van der Waals surface area contributed by atoms with E-state index in [9.17, 15) is 14.0 Å². The molecule has 2 aliphatic rings. The summed E-state index contributed by atoms with van der Waals surface area (Å²) in [7, 11) is 0. The van der Waals surface area contributed by atoms with Crippen LogP contribution in [0.25, 0.3) is 0 Å². The van der Waals surface area contributed by atoms with E-state index in [0.29, 0.717) is 23.3 Å². The molecule has 0 aliphatic heterocycles. The first-order valence-corrected chi connectivity index (χ1v) is 12.0. The summed E-state index contributed by atoms with van der Waals surface area (Å²) in [6.07, 6.45) is 4.74. The normalized spacial score (nSPS) is 21.0. The van der Waals surface area contributed by atoms with Gasteiger partial charge in [-0.1, -0.05) is 36.4 Å². The molecule has 0 bridgehead atoms. The summed E-state index contributed by atoms with van der Waals surface area (Å²) >= 11 is 0. The van der Waals surface area contributed by atoms with Gasteiger partial charge < -0.3 is 10.1 Å². The van der Waals surface area contributed by atoms with Crippen LogP contribution < -0.4 is 15.0 Å². The van der Waals surface area contributed by atoms with Gasteiger partial charge in [0.15, 0.2) is 6.61 Å². The Bertz CT molecular complexity index is 1210. The van der Waals surface area contributed by atoms with Crippen molar-refractivity contribution in [1.82, 2.24) is 10.3 Å². The minimum Gasteiger partial charge on any atom is -0.468 e. The molecule has 0 spiro atoms. The molecule has 3 unspecified atom stereocenters. The molecule has 1 heterocycles. The van der Waals surface area contributed by atoms with Crippen LogP contribution in [-0.4, -0.2) is 29.4 Å². The van der Waals surface area contributed by atoms with Crippen molar-refractivity contribution in [3.63, 3.8) is 0 Å². The molecule has 1 N–H and O–H groups in total. The number of carbonyl (C=O) groups is 2. The van der Waals surface area contributed by atoms with Crippen LogP contribution in [0.1, 0.15) is 36.4 Å². The summed E-state index contributed by atoms with van der Waals surface area (Å²) in [6, 6.07) is 17.5. The van der Waals surface area contributed by atoms with Crippen molar-refractivity contribution >= 4 is 17.5 Å². The third kappa shape index (κ3) is 5.19. The lowest BCUT2D eigenvalue weighted by atomic mass is 9.97. The van der Waals surface area contributed by atoms with Crippen LogP contribution in [0.4, 0.5) is 10.1 Å². The molecule has 0 radical (unpaired) electrons. The minimum absolute atomic E-state index is 0.0898. The van der Waals surface area contributed by atoms with Crippen molar-refractivity contribution in [2.75, 3.05) is 11.5 Å². The first-order valence-electron chi connectivity index (χ1n) is 12.0. The molecule has 2 aromatic carbocycles. The predicted octanol–water partition coefficient (Wildman–Crippen LogP) is 4.60. The molecule has 3 atom stereocenters. The van der Waals surface area contributed by atoms with Crippen LogP contribution in [0, 0.1) is 24.6 Å². The number of halogens is 1. The quantitative estimate of drug-likeness (QED) is 0.519. The second-order valence-corrected chi connectivity index (χ2v) is 9.39. The van der Waals surface area contributed by atoms with Gasteiger partial charge in [0.1, 0.15) is 11.9 Å². The number of benzene rings is 2. The Kier molecular flexibility index (Phi) is 6.49. The number of hydrogen-bond donors (Lipinski definition) is 1. The van der Waals surface area contributed by atoms with Crippen molar-refractivity contribution in [3.05, 3.63) is 89.9 Å². The molecule has 180 valence electrons. The lowest BCUT2D eigenvalue weighted by Crippen LogP contribution is -2.48. The van der Waals surface area contributed by atoms with Crippen LogP contribution in [0.2, 0.25) is 0 Å². The number of nitrogens with one attached hydrogen (secondary N) is 1. The van der Waals surface area contributed by atoms with Crippen LogP contribution in [0.5, 0.6) is 5.88 Å². The Hall–Kier alpha value is -3.74. The fourth-order valence-electron chi connectivity index (χ4n) is 5.10. The Labute approximate surface area is 204 Å². The maximum absolute atomic E-state index is 14.3. The average molecular weight is 474 g/mol. The van der Waals surface area contributed by atoms with Gasteiger partial charge in [0.25, 0.3) is 5.91 Å². The summed E-state index contributed by atoms with van der Waals surface area (Å²) in [4.78, 5) is 32.9. The van der Waals surface area contributed by atoms with Gasteiger partial charge in [0.2, 0.25) is 11.8 Å². The monoisotopic (exact) mass is 473 g/mol. The zero-order valence-electron chi connectivity index (χ0n) is 19.6. The number of pyridine rings is 1. The summed E-state index contributed by atoms with van der Waals surface area (Å²) in [5, 5.41) is 3.18. The van der Waals surface area contributed by atoms with Gasteiger partial charge in [0, 0.05) is 24.0 Å². The van der Waals surface area contributed by atoms with Gasteiger partial charge in [0.05, 0.1) is 0 Å². The molecular weight excluding hydrogens is 445 g/mol. The van der Waals surface area contributed by atoms with E-state index < -0.39 is 17.8 Å². The lowest BCUT2D eigenvalue weighted by molar-refractivity contribution is -0.128. The van der Waals surface area contributed by atoms with E-state index in [2.05, 4.69) is 10.3 Å². The van der Waals surface area contributed by atoms with E-state index in [1.165, 1.54) is 29.5 Å². The van der Waals surface area contributed by atoms with Gasteiger partial charge in [-0.3, -0.25) is 14.5 Å². The number of anilines is 1. The summed E-state index contributed by atoms with van der Waals surface area (Å²) in [5.41, 5.74) is 1.84. The van der Waals surface area contributed by atoms with E-state index in [1.54, 1.807) is 30.5 Å². The number of carbonyl (C=O) groups excluding carboxylic acids is 2. The fraction of sp³-hybridized carbons (Fsp3) is 0.321. The second kappa shape index (κ2) is 9.86. The minimum atomic E-state index is -0.977. The molecule has 1 aromatic heterocycles. The number of rotatable bonds is 8. The van der Waals surface area contributed by atoms with Crippen molar-refractivity contribution in [2.24, 2.45) is 11.8 Å². The molecule has 2 saturated carbocycles. The highest BCUT2D eigenvalue weighted by Gasteiger charge is 2.47. The van der Waals surface area contributed by atoms with Gasteiger partial charge in [-0.25, -0.2) is 9.37 Å². The molecule has 6 nitrogen and oxygen atoms in total. The third-order valence-electron chi connectivity index (χ3n) is 6.92. The number of fused-ring (bicyclic) bond motifs is 1. The summed E-state index contributed by atoms with van der Waals surface area (Å²) < 4.78 is 19.9. The number of aryl methyl sites for hydroxylation is 1. The molecule has 3 aromatic rings. The smallest absolute Gasteiger partial charge is 0.265 e. The second-order valence-electron chi connectivity index (χ2n) is 9.39. The van der Waals surface area contributed by atoms with Crippen LogP contribution >= 0.6 is 0 Å². The lowest BCUT2D eigenvalue weighted by Gasteiger charge is -2.33. The number of nitrogens with zero attached hydrogens (tertiary/aromatic N) is 2. The van der Waals surface area contributed by atoms with Crippen molar-refractivity contribution < 1.29 is 18.7 Å². The molecule has 2 amide bonds. The Balaban J connectivity index is 1.49. The molecule has 2 fully saturated rings. The summed E-state index contributed by atoms with van der Waals surface area (Å²) in [5.74, 6) is 0.447. The Morgan fingerprint density at radius 3 is 2.54 bits per heavy atom. The predicted molar refractivity (Wildman–Crippen MR) is 130 cm³/mol. The number of amides is 2. The summed E-state index contributed by atoms with van der Waals surface area (Å²) in [6.45, 7) is 1.55. The highest BCUT2D eigenvalue weighted by molar-refractivity contribution is 6.02. The molecular formula is C28H28FN3O3. The SMILES string of the molecule is Cc1ccccc1C(C(=O)NC1CC2CC2C1)N(C(=O)COc1ccccn1)c1cccc(F)c1. The average Bonchev–Trinajstić information content (AvgIpc) is 3.47. The van der Waals surface area contributed by atoms with E-state index in [-0.39, 0.29) is 24.2 Å². The van der Waals surface area contributed by atoms with E-state index >= 15 is 0 Å². The van der Waals surface area contributed by atoms with Gasteiger partial charge in [-0.05, 0) is 73.4 Å². The molecule has 5 rings (SSSR count). The molecule has 0 saturated heterocycles. The van der Waals surface area contributed by atoms with Gasteiger partial charge >= 0.3 is 0 Å². The standard InChI is InChI=1S/C28H28FN3O3/c1-18-7-2-3-10-24(18)27(28(34)31-22-14-19-13-20(19)15-22)32(23-9-6-8-21(29)16-23)26(33)17-35-25-11-4-5-12-30-25/h2-12,16,19-20,22,27H,13-15,17H2,1H3,(H,31,34). The zero-order valence-corrected chi connectivity index (χ0v) is 19.6. The maximum Gasteiger partial charge on any atom is 0.265 e. The third-order valence-corrected chi connectivity index (χ3v) is 6.92. The Morgan fingerprint density at radius 1 is 1.06 bits per heavy atom. The number of ether oxygens (including phenoxy) is 1. The van der Waals surface area contributed by atoms with Crippen LogP contribution in [0.15, 0.2) is 72.9 Å². The maximum atomic E-state index is 14.3. The van der Waals surface area contributed by atoms with E-state index in [4.69, 9.17) is 4.74 Å². The highest BCUT2D eigenvalue weighted by Crippen LogP contribution is 2.51. The number of aromatic nitrogens is 1. The van der Waals surface area contributed by atoms with E-state index in [0.717, 1.165) is 18.4 Å². The fourth-order valence-corrected chi connectivity index (χ4v) is 5.10. The topological polar surface area (TPSA) is 71.5 Å². The molecule has 7 heteroatoms. The van der Waals surface area contributed by atoms with Gasteiger partial charge in [-0.15, -0.1) is 0 Å². The first-order chi connectivity index (χ1) is 17.0. The van der Waals surface area contributed by atoms with Crippen LogP contribution in [-0.2, 0) is 9.59 Å². The first kappa shape index (κ1) is 23.0. The highest BCUT2D eigenvalue weighted by atomic mass is 19.1.